The molecule has 0 saturated carbocycles. The lowest BCUT2D eigenvalue weighted by Crippen LogP contribution is -2.06. The molecule has 0 aliphatic carbocycles. The van der Waals surface area contributed by atoms with Crippen LogP contribution < -0.4 is 0 Å². The lowest BCUT2D eigenvalue weighted by molar-refractivity contribution is 0.0593. The smallest absolute Gasteiger partial charge is 0.358 e. The SMILES string of the molecule is COC(=O)c1cc(-c2ccccc2)n(-c2cccnn2)n1. The predicted octanol–water partition coefficient (Wildman–Crippen LogP) is 2.12. The molecule has 0 aliphatic rings. The molecule has 0 fully saturated rings. The molecule has 2 heterocycles. The number of hydrogen-bond donors (Lipinski definition) is 0. The Morgan fingerprint density at radius 1 is 1.14 bits per heavy atom. The Hall–Kier alpha value is -3.02. The van der Waals surface area contributed by atoms with Crippen LogP contribution in [0.5, 0.6) is 0 Å². The molecule has 104 valence electrons. The minimum atomic E-state index is -0.491. The molecule has 0 aliphatic heterocycles. The van der Waals surface area contributed by atoms with Crippen LogP contribution >= 0.6 is 0 Å². The Morgan fingerprint density at radius 3 is 2.62 bits per heavy atom. The van der Waals surface area contributed by atoms with E-state index in [2.05, 4.69) is 15.3 Å². The minimum Gasteiger partial charge on any atom is -0.464 e. The van der Waals surface area contributed by atoms with Crippen LogP contribution in [-0.4, -0.2) is 33.1 Å². The van der Waals surface area contributed by atoms with Gasteiger partial charge < -0.3 is 4.74 Å². The third-order valence-electron chi connectivity index (χ3n) is 2.95. The van der Waals surface area contributed by atoms with Crippen LogP contribution in [0.25, 0.3) is 17.1 Å². The molecule has 21 heavy (non-hydrogen) atoms. The van der Waals surface area contributed by atoms with Crippen LogP contribution in [-0.2, 0) is 4.74 Å². The summed E-state index contributed by atoms with van der Waals surface area (Å²) in [5.41, 5.74) is 1.89. The molecule has 0 saturated heterocycles. The summed E-state index contributed by atoms with van der Waals surface area (Å²) in [4.78, 5) is 11.7. The van der Waals surface area contributed by atoms with Gasteiger partial charge in [0.1, 0.15) is 0 Å². The number of nitrogens with zero attached hydrogens (tertiary/aromatic N) is 4. The van der Waals surface area contributed by atoms with E-state index in [1.165, 1.54) is 7.11 Å². The average molecular weight is 280 g/mol. The van der Waals surface area contributed by atoms with Gasteiger partial charge in [-0.2, -0.15) is 10.2 Å². The molecule has 0 bridgehead atoms. The van der Waals surface area contributed by atoms with Gasteiger partial charge in [-0.05, 0) is 18.2 Å². The number of esters is 1. The number of aromatic nitrogens is 4. The molecule has 2 aromatic heterocycles. The van der Waals surface area contributed by atoms with Crippen molar-refractivity contribution < 1.29 is 9.53 Å². The first-order valence-electron chi connectivity index (χ1n) is 6.31. The van der Waals surface area contributed by atoms with E-state index >= 15 is 0 Å². The number of carbonyl (C=O) groups is 1. The van der Waals surface area contributed by atoms with Crippen molar-refractivity contribution in [2.24, 2.45) is 0 Å². The van der Waals surface area contributed by atoms with Crippen LogP contribution in [0.4, 0.5) is 0 Å². The van der Waals surface area contributed by atoms with E-state index in [9.17, 15) is 4.79 Å². The summed E-state index contributed by atoms with van der Waals surface area (Å²) in [5.74, 6) is 0.0429. The van der Waals surface area contributed by atoms with Gasteiger partial charge >= 0.3 is 5.97 Å². The molecule has 0 spiro atoms. The van der Waals surface area contributed by atoms with Crippen LogP contribution in [0.3, 0.4) is 0 Å². The zero-order chi connectivity index (χ0) is 14.7. The second-order valence-corrected chi connectivity index (χ2v) is 4.27. The van der Waals surface area contributed by atoms with Crippen LogP contribution in [0, 0.1) is 0 Å². The summed E-state index contributed by atoms with van der Waals surface area (Å²) in [7, 11) is 1.33. The summed E-state index contributed by atoms with van der Waals surface area (Å²) in [6.45, 7) is 0. The van der Waals surface area contributed by atoms with Crippen molar-refractivity contribution in [1.82, 2.24) is 20.0 Å². The third-order valence-corrected chi connectivity index (χ3v) is 2.95. The molecular formula is C15H12N4O2. The Labute approximate surface area is 121 Å². The molecular weight excluding hydrogens is 268 g/mol. The lowest BCUT2D eigenvalue weighted by atomic mass is 10.1. The van der Waals surface area contributed by atoms with Crippen molar-refractivity contribution in [1.29, 1.82) is 0 Å². The van der Waals surface area contributed by atoms with E-state index < -0.39 is 5.97 Å². The van der Waals surface area contributed by atoms with Crippen molar-refractivity contribution in [3.05, 3.63) is 60.4 Å². The summed E-state index contributed by atoms with van der Waals surface area (Å²) >= 11 is 0. The highest BCUT2D eigenvalue weighted by molar-refractivity contribution is 5.88. The number of methoxy groups -OCH3 is 1. The monoisotopic (exact) mass is 280 g/mol. The predicted molar refractivity (Wildman–Crippen MR) is 75.9 cm³/mol. The number of hydrogen-bond acceptors (Lipinski definition) is 5. The highest BCUT2D eigenvalue weighted by Gasteiger charge is 2.17. The van der Waals surface area contributed by atoms with Gasteiger partial charge in [0, 0.05) is 11.8 Å². The fourth-order valence-electron chi connectivity index (χ4n) is 1.98. The fraction of sp³-hybridized carbons (Fsp3) is 0.0667. The summed E-state index contributed by atoms with van der Waals surface area (Å²) < 4.78 is 6.30. The standard InChI is InChI=1S/C15H12N4O2/c1-21-15(20)12-10-13(11-6-3-2-4-7-11)19(18-12)14-8-5-9-16-17-14/h2-10H,1H3. The van der Waals surface area contributed by atoms with Gasteiger partial charge in [0.25, 0.3) is 0 Å². The van der Waals surface area contributed by atoms with E-state index in [1.807, 2.05) is 30.3 Å². The Kier molecular flexibility index (Phi) is 3.42. The van der Waals surface area contributed by atoms with Gasteiger partial charge in [-0.25, -0.2) is 9.48 Å². The quantitative estimate of drug-likeness (QED) is 0.687. The molecule has 6 nitrogen and oxygen atoms in total. The Morgan fingerprint density at radius 2 is 1.95 bits per heavy atom. The largest absolute Gasteiger partial charge is 0.464 e. The zero-order valence-electron chi connectivity index (χ0n) is 11.3. The maximum absolute atomic E-state index is 11.7. The van der Waals surface area contributed by atoms with Crippen molar-refractivity contribution in [2.45, 2.75) is 0 Å². The summed E-state index contributed by atoms with van der Waals surface area (Å²) in [6, 6.07) is 14.8. The van der Waals surface area contributed by atoms with Gasteiger partial charge in [0.15, 0.2) is 11.5 Å². The minimum absolute atomic E-state index is 0.224. The molecule has 3 rings (SSSR count). The average Bonchev–Trinajstić information content (AvgIpc) is 3.01. The van der Waals surface area contributed by atoms with Gasteiger partial charge in [-0.15, -0.1) is 5.10 Å². The van der Waals surface area contributed by atoms with Crippen LogP contribution in [0.2, 0.25) is 0 Å². The second kappa shape index (κ2) is 5.54. The van der Waals surface area contributed by atoms with E-state index in [0.717, 1.165) is 11.3 Å². The first-order chi connectivity index (χ1) is 10.3. The number of rotatable bonds is 3. The normalized spacial score (nSPS) is 10.3. The molecule has 6 heteroatoms. The van der Waals surface area contributed by atoms with Gasteiger partial charge in [-0.3, -0.25) is 0 Å². The molecule has 0 atom stereocenters. The highest BCUT2D eigenvalue weighted by Crippen LogP contribution is 2.23. The zero-order valence-corrected chi connectivity index (χ0v) is 11.3. The maximum Gasteiger partial charge on any atom is 0.358 e. The Balaban J connectivity index is 2.18. The second-order valence-electron chi connectivity index (χ2n) is 4.27. The van der Waals surface area contributed by atoms with E-state index in [4.69, 9.17) is 4.74 Å². The summed E-state index contributed by atoms with van der Waals surface area (Å²) in [5, 5.41) is 12.1. The number of ether oxygens (including phenoxy) is 1. The molecule has 0 radical (unpaired) electrons. The highest BCUT2D eigenvalue weighted by atomic mass is 16.5. The van der Waals surface area contributed by atoms with Crippen molar-refractivity contribution in [3.63, 3.8) is 0 Å². The fourth-order valence-corrected chi connectivity index (χ4v) is 1.98. The molecule has 0 unspecified atom stereocenters. The lowest BCUT2D eigenvalue weighted by Gasteiger charge is -2.05. The Bertz CT molecular complexity index is 697. The van der Waals surface area contributed by atoms with E-state index in [0.29, 0.717) is 5.82 Å². The first kappa shape index (κ1) is 13.0. The molecule has 3 aromatic rings. The van der Waals surface area contributed by atoms with Crippen molar-refractivity contribution in [2.75, 3.05) is 7.11 Å². The number of benzene rings is 1. The first-order valence-corrected chi connectivity index (χ1v) is 6.31. The van der Waals surface area contributed by atoms with Crippen LogP contribution in [0.1, 0.15) is 10.5 Å². The number of carbonyl (C=O) groups excluding carboxylic acids is 1. The van der Waals surface area contributed by atoms with E-state index in [1.54, 1.807) is 29.1 Å². The van der Waals surface area contributed by atoms with Crippen molar-refractivity contribution >= 4 is 5.97 Å². The van der Waals surface area contributed by atoms with Gasteiger partial charge in [-0.1, -0.05) is 30.3 Å². The van der Waals surface area contributed by atoms with Crippen molar-refractivity contribution in [3.8, 4) is 17.1 Å². The van der Waals surface area contributed by atoms with Gasteiger partial charge in [0.2, 0.25) is 0 Å². The molecule has 1 aromatic carbocycles. The van der Waals surface area contributed by atoms with Gasteiger partial charge in [0.05, 0.1) is 12.8 Å². The summed E-state index contributed by atoms with van der Waals surface area (Å²) in [6.07, 6.45) is 1.58. The molecule has 0 amide bonds. The van der Waals surface area contributed by atoms with Crippen LogP contribution in [0.15, 0.2) is 54.7 Å². The maximum atomic E-state index is 11.7. The topological polar surface area (TPSA) is 69.9 Å². The van der Waals surface area contributed by atoms with E-state index in [-0.39, 0.29) is 5.69 Å². The molecule has 0 N–H and O–H groups in total. The third kappa shape index (κ3) is 2.51.